The van der Waals surface area contributed by atoms with Gasteiger partial charge in [-0.3, -0.25) is 14.3 Å². The first-order valence-corrected chi connectivity index (χ1v) is 13.8. The normalized spacial score (nSPS) is 15.9. The van der Waals surface area contributed by atoms with Gasteiger partial charge in [0.1, 0.15) is 34.3 Å². The van der Waals surface area contributed by atoms with Crippen LogP contribution in [0, 0.1) is 5.82 Å². The van der Waals surface area contributed by atoms with Crippen LogP contribution >= 0.6 is 11.6 Å². The minimum Gasteiger partial charge on any atom is -0.495 e. The largest absolute Gasteiger partial charge is 0.495 e. The van der Waals surface area contributed by atoms with Crippen LogP contribution < -0.4 is 15.8 Å². The third-order valence-electron chi connectivity index (χ3n) is 7.80. The van der Waals surface area contributed by atoms with Gasteiger partial charge in [0.15, 0.2) is 5.82 Å². The Morgan fingerprint density at radius 3 is 2.60 bits per heavy atom. The summed E-state index contributed by atoms with van der Waals surface area (Å²) >= 11 is 6.45. The topological polar surface area (TPSA) is 145 Å². The van der Waals surface area contributed by atoms with E-state index in [9.17, 15) is 14.0 Å². The Kier molecular flexibility index (Phi) is 6.97. The first-order chi connectivity index (χ1) is 20.6. The summed E-state index contributed by atoms with van der Waals surface area (Å²) in [6.45, 7) is 1.86. The number of carbonyl (C=O) groups is 2. The molecular formula is C31H26ClFN6O4. The number of nitrogen functional groups attached to an aromatic ring is 1. The van der Waals surface area contributed by atoms with Gasteiger partial charge in [0.2, 0.25) is 5.91 Å². The molecule has 3 aromatic carbocycles. The monoisotopic (exact) mass is 600 g/mol. The molecule has 3 heterocycles. The molecule has 218 valence electrons. The zero-order valence-corrected chi connectivity index (χ0v) is 23.9. The lowest BCUT2D eigenvalue weighted by atomic mass is 9.77. The Morgan fingerprint density at radius 1 is 1.16 bits per heavy atom. The van der Waals surface area contributed by atoms with E-state index in [0.29, 0.717) is 50.5 Å². The summed E-state index contributed by atoms with van der Waals surface area (Å²) in [6, 6.07) is 17.0. The molecule has 12 heteroatoms. The molecule has 10 nitrogen and oxygen atoms in total. The molecule has 1 aliphatic heterocycles. The number of carboxylic acid groups (broad SMARTS) is 1. The van der Waals surface area contributed by atoms with Crippen LogP contribution in [-0.2, 0) is 28.0 Å². The Bertz CT molecular complexity index is 1930. The third-order valence-corrected chi connectivity index (χ3v) is 8.09. The van der Waals surface area contributed by atoms with Crippen LogP contribution in [0.5, 0.6) is 5.75 Å². The van der Waals surface area contributed by atoms with Crippen LogP contribution in [-0.4, -0.2) is 43.8 Å². The summed E-state index contributed by atoms with van der Waals surface area (Å²) in [5.74, 6) is -0.679. The molecule has 6 rings (SSSR count). The van der Waals surface area contributed by atoms with E-state index in [-0.39, 0.29) is 42.2 Å². The van der Waals surface area contributed by atoms with Gasteiger partial charge in [-0.25, -0.2) is 14.4 Å². The second-order valence-corrected chi connectivity index (χ2v) is 10.8. The van der Waals surface area contributed by atoms with Crippen molar-refractivity contribution in [3.63, 3.8) is 0 Å². The number of ether oxygens (including phenoxy) is 1. The Morgan fingerprint density at radius 2 is 1.91 bits per heavy atom. The number of aliphatic carboxylic acids is 1. The lowest BCUT2D eigenvalue weighted by Crippen LogP contribution is -2.33. The maximum Gasteiger partial charge on any atom is 0.303 e. The zero-order chi connectivity index (χ0) is 30.5. The lowest BCUT2D eigenvalue weighted by molar-refractivity contribution is -0.137. The van der Waals surface area contributed by atoms with Gasteiger partial charge in [-0.2, -0.15) is 5.10 Å². The van der Waals surface area contributed by atoms with Crippen molar-refractivity contribution in [2.24, 2.45) is 0 Å². The van der Waals surface area contributed by atoms with Crippen molar-refractivity contribution in [1.82, 2.24) is 19.7 Å². The number of aryl methyl sites for hydroxylation is 1. The standard InChI is InChI=1S/C31H26ClFN6O4/c1-31(18-10-7-16(8-11-18)9-12-24(40)41)25-27(34)35-29(36-28(25)37-30(31)42)26-19-13-23(43-2)20(32)14-22(19)39(38-26)15-17-5-3-4-6-21(17)33/h3-8,10-11,13-14H,9,12,15H2,1-2H3,(H,40,41)(H3,34,35,36,37,42). The van der Waals surface area contributed by atoms with Gasteiger partial charge in [0.05, 0.1) is 29.8 Å². The zero-order valence-electron chi connectivity index (χ0n) is 23.2. The van der Waals surface area contributed by atoms with E-state index in [1.54, 1.807) is 66.2 Å². The van der Waals surface area contributed by atoms with E-state index in [2.05, 4.69) is 15.3 Å². The summed E-state index contributed by atoms with van der Waals surface area (Å²) < 4.78 is 21.6. The number of nitrogens with zero attached hydrogens (tertiary/aromatic N) is 4. The van der Waals surface area contributed by atoms with Gasteiger partial charge >= 0.3 is 5.97 Å². The molecule has 0 aliphatic carbocycles. The molecule has 0 bridgehead atoms. The van der Waals surface area contributed by atoms with Crippen LogP contribution in [0.25, 0.3) is 22.4 Å². The van der Waals surface area contributed by atoms with Gasteiger partial charge in [0.25, 0.3) is 0 Å². The summed E-state index contributed by atoms with van der Waals surface area (Å²) in [6.07, 6.45) is 0.379. The quantitative estimate of drug-likeness (QED) is 0.220. The number of carboxylic acids is 1. The number of nitrogens with one attached hydrogen (secondary N) is 1. The first-order valence-electron chi connectivity index (χ1n) is 13.4. The van der Waals surface area contributed by atoms with Crippen LogP contribution in [0.15, 0.2) is 60.7 Å². The number of methoxy groups -OCH3 is 1. The van der Waals surface area contributed by atoms with E-state index in [0.717, 1.165) is 5.56 Å². The molecule has 0 saturated carbocycles. The molecule has 0 spiro atoms. The molecule has 0 fully saturated rings. The molecule has 1 atom stereocenters. The van der Waals surface area contributed by atoms with Crippen molar-refractivity contribution in [2.75, 3.05) is 18.2 Å². The number of carbonyl (C=O) groups excluding carboxylic acids is 1. The maximum absolute atomic E-state index is 14.6. The SMILES string of the molecule is COc1cc2c(-c3nc(N)c4c(n3)NC(=O)C4(C)c3ccc(CCC(=O)O)cc3)nn(Cc3ccccc3F)c2cc1Cl. The van der Waals surface area contributed by atoms with Gasteiger partial charge in [-0.1, -0.05) is 54.1 Å². The van der Waals surface area contributed by atoms with Crippen molar-refractivity contribution in [3.05, 3.63) is 93.8 Å². The van der Waals surface area contributed by atoms with Crippen LogP contribution in [0.1, 0.15) is 35.6 Å². The Labute approximate surface area is 250 Å². The molecular weight excluding hydrogens is 575 g/mol. The van der Waals surface area contributed by atoms with Crippen LogP contribution in [0.2, 0.25) is 5.02 Å². The maximum atomic E-state index is 14.6. The van der Waals surface area contributed by atoms with Crippen molar-refractivity contribution in [2.45, 2.75) is 31.7 Å². The van der Waals surface area contributed by atoms with E-state index in [1.165, 1.54) is 13.2 Å². The molecule has 1 aliphatic rings. The van der Waals surface area contributed by atoms with Crippen molar-refractivity contribution in [3.8, 4) is 17.3 Å². The Balaban J connectivity index is 1.45. The summed E-state index contributed by atoms with van der Waals surface area (Å²) in [4.78, 5) is 33.6. The number of anilines is 2. The molecule has 1 unspecified atom stereocenters. The fourth-order valence-corrected chi connectivity index (χ4v) is 5.68. The molecule has 43 heavy (non-hydrogen) atoms. The highest BCUT2D eigenvalue weighted by Crippen LogP contribution is 2.45. The van der Waals surface area contributed by atoms with Gasteiger partial charge in [-0.15, -0.1) is 0 Å². The number of fused-ring (bicyclic) bond motifs is 2. The average Bonchev–Trinajstić information content (AvgIpc) is 3.46. The minimum absolute atomic E-state index is 0.00626. The highest BCUT2D eigenvalue weighted by atomic mass is 35.5. The fraction of sp³-hybridized carbons (Fsp3) is 0.194. The fourth-order valence-electron chi connectivity index (χ4n) is 5.45. The van der Waals surface area contributed by atoms with Gasteiger partial charge in [0, 0.05) is 17.4 Å². The molecule has 0 saturated heterocycles. The number of rotatable bonds is 8. The predicted molar refractivity (Wildman–Crippen MR) is 160 cm³/mol. The summed E-state index contributed by atoms with van der Waals surface area (Å²) in [5, 5.41) is 17.5. The third kappa shape index (κ3) is 4.81. The highest BCUT2D eigenvalue weighted by Gasteiger charge is 2.47. The number of benzene rings is 3. The first kappa shape index (κ1) is 28.1. The summed E-state index contributed by atoms with van der Waals surface area (Å²) in [7, 11) is 1.50. The predicted octanol–water partition coefficient (Wildman–Crippen LogP) is 5.20. The number of nitrogens with two attached hydrogens (primary N) is 1. The highest BCUT2D eigenvalue weighted by molar-refractivity contribution is 6.33. The van der Waals surface area contributed by atoms with Crippen LogP contribution in [0.4, 0.5) is 16.0 Å². The molecule has 1 amide bonds. The van der Waals surface area contributed by atoms with Gasteiger partial charge in [-0.05, 0) is 42.7 Å². The summed E-state index contributed by atoms with van der Waals surface area (Å²) in [5.41, 5.74) is 8.64. The number of hydrogen-bond acceptors (Lipinski definition) is 7. The Hall–Kier alpha value is -5.03. The molecule has 2 aromatic heterocycles. The number of halogens is 2. The van der Waals surface area contributed by atoms with Crippen LogP contribution in [0.3, 0.4) is 0 Å². The lowest BCUT2D eigenvalue weighted by Gasteiger charge is -2.23. The molecule has 0 radical (unpaired) electrons. The van der Waals surface area contributed by atoms with Crippen molar-refractivity contribution < 1.29 is 23.8 Å². The number of amides is 1. The van der Waals surface area contributed by atoms with Gasteiger partial charge < -0.3 is 20.9 Å². The van der Waals surface area contributed by atoms with E-state index in [4.69, 9.17) is 32.3 Å². The average molecular weight is 601 g/mol. The second-order valence-electron chi connectivity index (χ2n) is 10.4. The smallest absolute Gasteiger partial charge is 0.303 e. The van der Waals surface area contributed by atoms with E-state index < -0.39 is 11.4 Å². The van der Waals surface area contributed by atoms with Crippen molar-refractivity contribution in [1.29, 1.82) is 0 Å². The second kappa shape index (κ2) is 10.7. The van der Waals surface area contributed by atoms with Crippen molar-refractivity contribution >= 4 is 46.0 Å². The number of hydrogen-bond donors (Lipinski definition) is 3. The van der Waals surface area contributed by atoms with E-state index in [1.807, 2.05) is 0 Å². The van der Waals surface area contributed by atoms with E-state index >= 15 is 0 Å². The number of aromatic nitrogens is 4. The minimum atomic E-state index is -1.19. The molecule has 5 aromatic rings. The molecule has 4 N–H and O–H groups in total.